The molecule has 0 rings (SSSR count). The molecule has 0 radical (unpaired) electrons. The Hall–Kier alpha value is -0.120. The summed E-state index contributed by atoms with van der Waals surface area (Å²) >= 11 is 0. The van der Waals surface area contributed by atoms with Gasteiger partial charge in [0.1, 0.15) is 0 Å². The van der Waals surface area contributed by atoms with E-state index in [1.165, 1.54) is 0 Å². The lowest BCUT2D eigenvalue weighted by molar-refractivity contribution is 0.306. The molecule has 7 heavy (non-hydrogen) atoms. The Morgan fingerprint density at radius 1 is 1.29 bits per heavy atom. The summed E-state index contributed by atoms with van der Waals surface area (Å²) < 4.78 is 0. The zero-order chi connectivity index (χ0) is 5.70. The summed E-state index contributed by atoms with van der Waals surface area (Å²) in [6.45, 7) is 4.09. The molecule has 0 spiro atoms. The molecule has 0 aliphatic carbocycles. The molecule has 0 amide bonds. The topological polar surface area (TPSA) is 55.3 Å². The first kappa shape index (κ1) is 6.88. The molecule has 0 saturated carbocycles. The van der Waals surface area contributed by atoms with Gasteiger partial charge in [0.05, 0.1) is 0 Å². The van der Waals surface area contributed by atoms with Gasteiger partial charge in [-0.15, -0.1) is 0 Å². The van der Waals surface area contributed by atoms with Crippen LogP contribution in [-0.4, -0.2) is 24.8 Å². The summed E-state index contributed by atoms with van der Waals surface area (Å²) in [5, 5.41) is 0. The van der Waals surface area contributed by atoms with Gasteiger partial charge in [0.25, 0.3) is 0 Å². The number of nitrogens with two attached hydrogens (primary N) is 2. The first-order chi connectivity index (χ1) is 3.35. The van der Waals surface area contributed by atoms with E-state index in [0.29, 0.717) is 13.3 Å². The lowest BCUT2D eigenvalue weighted by atomic mass is 10.6. The van der Waals surface area contributed by atoms with Crippen molar-refractivity contribution < 1.29 is 0 Å². The monoisotopic (exact) mass is 103 g/mol. The molecule has 0 heterocycles. The maximum Gasteiger partial charge on any atom is 0.0467 e. The second-order valence-corrected chi connectivity index (χ2v) is 1.35. The van der Waals surface area contributed by atoms with Crippen LogP contribution in [0.2, 0.25) is 0 Å². The summed E-state index contributed by atoms with van der Waals surface area (Å²) in [7, 11) is 0. The molecular formula is C4H13N3. The fourth-order valence-corrected chi connectivity index (χ4v) is 0.333. The maximum absolute atomic E-state index is 5.24. The number of hydrogen-bond donors (Lipinski definition) is 2. The normalized spacial score (nSPS) is 10.3. The SMILES string of the molecule is CCN(CN)CN. The van der Waals surface area contributed by atoms with Crippen molar-refractivity contribution in [2.24, 2.45) is 11.5 Å². The Labute approximate surface area is 44.3 Å². The molecule has 0 aliphatic rings. The molecule has 0 bridgehead atoms. The Bertz CT molecular complexity index is 28.4. The van der Waals surface area contributed by atoms with Crippen LogP contribution in [0.15, 0.2) is 0 Å². The summed E-state index contributed by atoms with van der Waals surface area (Å²) in [5.74, 6) is 0. The van der Waals surface area contributed by atoms with E-state index in [1.807, 2.05) is 11.8 Å². The van der Waals surface area contributed by atoms with Crippen LogP contribution in [0.4, 0.5) is 0 Å². The third-order valence-corrected chi connectivity index (χ3v) is 0.964. The van der Waals surface area contributed by atoms with Gasteiger partial charge in [0.2, 0.25) is 0 Å². The fraction of sp³-hybridized carbons (Fsp3) is 1.00. The van der Waals surface area contributed by atoms with Gasteiger partial charge in [-0.05, 0) is 6.54 Å². The minimum Gasteiger partial charge on any atom is -0.318 e. The van der Waals surface area contributed by atoms with E-state index < -0.39 is 0 Å². The smallest absolute Gasteiger partial charge is 0.0467 e. The van der Waals surface area contributed by atoms with Crippen molar-refractivity contribution in [1.82, 2.24) is 4.90 Å². The predicted octanol–water partition coefficient (Wildman–Crippen LogP) is -0.859. The standard InChI is InChI=1S/C4H13N3/c1-2-7(3-5)4-6/h2-6H2,1H3. The first-order valence-corrected chi connectivity index (χ1v) is 2.47. The van der Waals surface area contributed by atoms with E-state index in [-0.39, 0.29) is 0 Å². The Balaban J connectivity index is 2.99. The van der Waals surface area contributed by atoms with Crippen molar-refractivity contribution in [1.29, 1.82) is 0 Å². The van der Waals surface area contributed by atoms with Crippen LogP contribution in [0, 0.1) is 0 Å². The molecule has 0 saturated heterocycles. The third kappa shape index (κ3) is 2.56. The van der Waals surface area contributed by atoms with Crippen molar-refractivity contribution in [2.75, 3.05) is 19.9 Å². The first-order valence-electron chi connectivity index (χ1n) is 2.47. The van der Waals surface area contributed by atoms with E-state index in [1.54, 1.807) is 0 Å². The van der Waals surface area contributed by atoms with Crippen LogP contribution in [0.25, 0.3) is 0 Å². The minimum absolute atomic E-state index is 0.562. The van der Waals surface area contributed by atoms with Gasteiger partial charge in [0.15, 0.2) is 0 Å². The number of hydrogen-bond acceptors (Lipinski definition) is 3. The highest BCUT2D eigenvalue weighted by Gasteiger charge is 1.89. The van der Waals surface area contributed by atoms with Gasteiger partial charge in [0, 0.05) is 13.3 Å². The molecule has 0 aromatic heterocycles. The van der Waals surface area contributed by atoms with Crippen molar-refractivity contribution >= 4 is 0 Å². The maximum atomic E-state index is 5.24. The van der Waals surface area contributed by atoms with Gasteiger partial charge in [-0.2, -0.15) is 0 Å². The summed E-state index contributed by atoms with van der Waals surface area (Å²) in [6.07, 6.45) is 0. The van der Waals surface area contributed by atoms with Crippen LogP contribution in [0.5, 0.6) is 0 Å². The van der Waals surface area contributed by atoms with E-state index in [2.05, 4.69) is 0 Å². The third-order valence-electron chi connectivity index (χ3n) is 0.964. The average molecular weight is 103 g/mol. The van der Waals surface area contributed by atoms with Gasteiger partial charge >= 0.3 is 0 Å². The highest BCUT2D eigenvalue weighted by Crippen LogP contribution is 1.73. The lowest BCUT2D eigenvalue weighted by Crippen LogP contribution is -2.34. The Morgan fingerprint density at radius 3 is 1.71 bits per heavy atom. The fourth-order valence-electron chi connectivity index (χ4n) is 0.333. The van der Waals surface area contributed by atoms with Gasteiger partial charge in [-0.1, -0.05) is 6.92 Å². The Morgan fingerprint density at radius 2 is 1.71 bits per heavy atom. The summed E-state index contributed by atoms with van der Waals surface area (Å²) in [5.41, 5.74) is 10.5. The van der Waals surface area contributed by atoms with E-state index >= 15 is 0 Å². The van der Waals surface area contributed by atoms with E-state index in [0.717, 1.165) is 6.54 Å². The van der Waals surface area contributed by atoms with Crippen LogP contribution in [0.1, 0.15) is 6.92 Å². The zero-order valence-corrected chi connectivity index (χ0v) is 4.72. The molecular weight excluding hydrogens is 90.1 g/mol. The highest BCUT2D eigenvalue weighted by atomic mass is 15.2. The molecule has 0 fully saturated rings. The molecule has 3 heteroatoms. The number of nitrogens with zero attached hydrogens (tertiary/aromatic N) is 1. The Kier molecular flexibility index (Phi) is 3.98. The highest BCUT2D eigenvalue weighted by molar-refractivity contribution is 4.41. The molecule has 44 valence electrons. The molecule has 0 aliphatic heterocycles. The van der Waals surface area contributed by atoms with Crippen LogP contribution < -0.4 is 11.5 Å². The van der Waals surface area contributed by atoms with Crippen molar-refractivity contribution in [3.8, 4) is 0 Å². The molecule has 0 atom stereocenters. The van der Waals surface area contributed by atoms with E-state index in [9.17, 15) is 0 Å². The van der Waals surface area contributed by atoms with Crippen molar-refractivity contribution in [3.05, 3.63) is 0 Å². The van der Waals surface area contributed by atoms with Crippen LogP contribution >= 0.6 is 0 Å². The molecule has 0 aromatic rings. The van der Waals surface area contributed by atoms with Crippen LogP contribution in [-0.2, 0) is 0 Å². The lowest BCUT2D eigenvalue weighted by Gasteiger charge is -2.12. The minimum atomic E-state index is 0.562. The number of rotatable bonds is 3. The predicted molar refractivity (Wildman–Crippen MR) is 30.5 cm³/mol. The molecule has 4 N–H and O–H groups in total. The average Bonchev–Trinajstić information content (AvgIpc) is 1.72. The second kappa shape index (κ2) is 4.05. The largest absolute Gasteiger partial charge is 0.318 e. The van der Waals surface area contributed by atoms with Crippen molar-refractivity contribution in [2.45, 2.75) is 6.92 Å². The quantitative estimate of drug-likeness (QED) is 0.457. The van der Waals surface area contributed by atoms with Gasteiger partial charge < -0.3 is 11.5 Å². The molecule has 3 nitrogen and oxygen atoms in total. The van der Waals surface area contributed by atoms with Gasteiger partial charge in [-0.25, -0.2) is 0 Å². The molecule has 0 unspecified atom stereocenters. The van der Waals surface area contributed by atoms with E-state index in [4.69, 9.17) is 11.5 Å². The summed E-state index contributed by atoms with van der Waals surface area (Å²) in [4.78, 5) is 1.93. The zero-order valence-electron chi connectivity index (χ0n) is 4.72. The van der Waals surface area contributed by atoms with Crippen LogP contribution in [0.3, 0.4) is 0 Å². The second-order valence-electron chi connectivity index (χ2n) is 1.35. The molecule has 0 aromatic carbocycles. The summed E-state index contributed by atoms with van der Waals surface area (Å²) in [6, 6.07) is 0. The van der Waals surface area contributed by atoms with Crippen molar-refractivity contribution in [3.63, 3.8) is 0 Å². The van der Waals surface area contributed by atoms with Gasteiger partial charge in [-0.3, -0.25) is 4.90 Å².